The van der Waals surface area contributed by atoms with Crippen LogP contribution >= 0.6 is 0 Å². The molecule has 0 aliphatic carbocycles. The molecule has 1 unspecified atom stereocenters. The maximum Gasteiger partial charge on any atom is 0.230 e. The molecule has 70 valence electrons. The first kappa shape index (κ1) is 10.7. The van der Waals surface area contributed by atoms with Crippen molar-refractivity contribution in [3.8, 4) is 0 Å². The maximum absolute atomic E-state index is 11.2. The number of carbonyl (C=O) groups is 1. The summed E-state index contributed by atoms with van der Waals surface area (Å²) in [6, 6.07) is 0. The SMILES string of the molecule is CNC(=O)C(C(N)=NO)C(C)C. The number of amides is 1. The Hall–Kier alpha value is -1.26. The van der Waals surface area contributed by atoms with E-state index in [2.05, 4.69) is 10.5 Å². The van der Waals surface area contributed by atoms with Gasteiger partial charge in [-0.3, -0.25) is 4.79 Å². The minimum absolute atomic E-state index is 0.0147. The van der Waals surface area contributed by atoms with Crippen LogP contribution in [0.5, 0.6) is 0 Å². The number of hydrogen-bond acceptors (Lipinski definition) is 3. The molecule has 5 nitrogen and oxygen atoms in total. The lowest BCUT2D eigenvalue weighted by atomic mass is 9.94. The minimum Gasteiger partial charge on any atom is -0.409 e. The van der Waals surface area contributed by atoms with E-state index in [9.17, 15) is 4.79 Å². The summed E-state index contributed by atoms with van der Waals surface area (Å²) in [6.07, 6.45) is 0. The summed E-state index contributed by atoms with van der Waals surface area (Å²) < 4.78 is 0. The Bertz CT molecular complexity index is 189. The minimum atomic E-state index is -0.556. The van der Waals surface area contributed by atoms with Crippen LogP contribution < -0.4 is 11.1 Å². The van der Waals surface area contributed by atoms with E-state index in [1.165, 1.54) is 7.05 Å². The number of rotatable bonds is 3. The fourth-order valence-corrected chi connectivity index (χ4v) is 0.996. The highest BCUT2D eigenvalue weighted by Crippen LogP contribution is 2.10. The van der Waals surface area contributed by atoms with Crippen LogP contribution in [0.1, 0.15) is 13.8 Å². The monoisotopic (exact) mass is 173 g/mol. The Labute approximate surface area is 71.6 Å². The summed E-state index contributed by atoms with van der Waals surface area (Å²) in [7, 11) is 1.52. The lowest BCUT2D eigenvalue weighted by Gasteiger charge is -2.16. The summed E-state index contributed by atoms with van der Waals surface area (Å²) in [6.45, 7) is 3.66. The molecule has 0 aromatic rings. The lowest BCUT2D eigenvalue weighted by Crippen LogP contribution is -2.40. The molecule has 12 heavy (non-hydrogen) atoms. The zero-order valence-electron chi connectivity index (χ0n) is 7.53. The third kappa shape index (κ3) is 2.41. The molecule has 0 bridgehead atoms. The van der Waals surface area contributed by atoms with Crippen molar-refractivity contribution in [2.24, 2.45) is 22.7 Å². The number of carbonyl (C=O) groups excluding carboxylic acids is 1. The lowest BCUT2D eigenvalue weighted by molar-refractivity contribution is -0.123. The van der Waals surface area contributed by atoms with Crippen LogP contribution in [0.15, 0.2) is 5.16 Å². The summed E-state index contributed by atoms with van der Waals surface area (Å²) in [5.41, 5.74) is 5.33. The van der Waals surface area contributed by atoms with Crippen molar-refractivity contribution in [2.75, 3.05) is 7.05 Å². The number of amidine groups is 1. The molecule has 1 amide bonds. The predicted octanol–water partition coefficient (Wildman–Crippen LogP) is -0.249. The third-order valence-electron chi connectivity index (χ3n) is 1.63. The fraction of sp³-hybridized carbons (Fsp3) is 0.714. The van der Waals surface area contributed by atoms with Gasteiger partial charge < -0.3 is 16.3 Å². The van der Waals surface area contributed by atoms with Crippen LogP contribution in [0, 0.1) is 11.8 Å². The zero-order valence-corrected chi connectivity index (χ0v) is 7.53. The summed E-state index contributed by atoms with van der Waals surface area (Å²) in [5.74, 6) is -0.828. The smallest absolute Gasteiger partial charge is 0.230 e. The molecule has 0 aliphatic heterocycles. The molecule has 0 aromatic heterocycles. The molecule has 0 heterocycles. The van der Waals surface area contributed by atoms with Gasteiger partial charge in [-0.15, -0.1) is 0 Å². The number of oxime groups is 1. The zero-order chi connectivity index (χ0) is 9.72. The second-order valence-corrected chi connectivity index (χ2v) is 2.86. The van der Waals surface area contributed by atoms with Crippen molar-refractivity contribution >= 4 is 11.7 Å². The molecule has 1 atom stereocenters. The molecule has 0 fully saturated rings. The first-order chi connectivity index (χ1) is 5.54. The maximum atomic E-state index is 11.2. The Balaban J connectivity index is 4.55. The van der Waals surface area contributed by atoms with Gasteiger partial charge in [0.2, 0.25) is 5.91 Å². The second kappa shape index (κ2) is 4.58. The van der Waals surface area contributed by atoms with Gasteiger partial charge in [-0.2, -0.15) is 0 Å². The van der Waals surface area contributed by atoms with Crippen molar-refractivity contribution in [3.63, 3.8) is 0 Å². The van der Waals surface area contributed by atoms with E-state index in [-0.39, 0.29) is 17.7 Å². The molecule has 0 aromatic carbocycles. The second-order valence-electron chi connectivity index (χ2n) is 2.86. The number of hydrogen-bond donors (Lipinski definition) is 3. The first-order valence-electron chi connectivity index (χ1n) is 3.73. The van der Waals surface area contributed by atoms with E-state index >= 15 is 0 Å². The fourth-order valence-electron chi connectivity index (χ4n) is 0.996. The van der Waals surface area contributed by atoms with Crippen molar-refractivity contribution in [1.82, 2.24) is 5.32 Å². The van der Waals surface area contributed by atoms with Crippen LogP contribution in [-0.4, -0.2) is 24.0 Å². The predicted molar refractivity (Wildman–Crippen MR) is 45.8 cm³/mol. The highest BCUT2D eigenvalue weighted by molar-refractivity contribution is 6.02. The van der Waals surface area contributed by atoms with Crippen LogP contribution in [-0.2, 0) is 4.79 Å². The van der Waals surface area contributed by atoms with E-state index in [1.807, 2.05) is 13.8 Å². The normalized spacial score (nSPS) is 14.5. The highest BCUT2D eigenvalue weighted by atomic mass is 16.4. The summed E-state index contributed by atoms with van der Waals surface area (Å²) in [5, 5.41) is 13.6. The van der Waals surface area contributed by atoms with Crippen molar-refractivity contribution in [1.29, 1.82) is 0 Å². The van der Waals surface area contributed by atoms with Gasteiger partial charge in [-0.25, -0.2) is 0 Å². The number of nitrogens with zero attached hydrogens (tertiary/aromatic N) is 1. The largest absolute Gasteiger partial charge is 0.409 e. The number of nitrogens with two attached hydrogens (primary N) is 1. The average molecular weight is 173 g/mol. The molecular weight excluding hydrogens is 158 g/mol. The van der Waals surface area contributed by atoms with Gasteiger partial charge in [0.15, 0.2) is 5.84 Å². The van der Waals surface area contributed by atoms with Crippen LogP contribution in [0.3, 0.4) is 0 Å². The summed E-state index contributed by atoms with van der Waals surface area (Å²) in [4.78, 5) is 11.2. The van der Waals surface area contributed by atoms with Gasteiger partial charge >= 0.3 is 0 Å². The van der Waals surface area contributed by atoms with Gasteiger partial charge in [-0.05, 0) is 5.92 Å². The van der Waals surface area contributed by atoms with E-state index < -0.39 is 5.92 Å². The van der Waals surface area contributed by atoms with Gasteiger partial charge in [0.1, 0.15) is 5.92 Å². The number of nitrogens with one attached hydrogen (secondary N) is 1. The molecule has 5 heteroatoms. The van der Waals surface area contributed by atoms with Crippen LogP contribution in [0.2, 0.25) is 0 Å². The van der Waals surface area contributed by atoms with Crippen molar-refractivity contribution < 1.29 is 10.0 Å². The van der Waals surface area contributed by atoms with E-state index in [1.54, 1.807) is 0 Å². The Morgan fingerprint density at radius 1 is 1.58 bits per heavy atom. The average Bonchev–Trinajstić information content (AvgIpc) is 2.03. The molecule has 4 N–H and O–H groups in total. The Morgan fingerprint density at radius 2 is 2.08 bits per heavy atom. The van der Waals surface area contributed by atoms with Gasteiger partial charge in [0, 0.05) is 7.05 Å². The molecule has 0 saturated carbocycles. The quantitative estimate of drug-likeness (QED) is 0.238. The molecule has 0 spiro atoms. The molecule has 0 aliphatic rings. The van der Waals surface area contributed by atoms with E-state index in [0.717, 1.165) is 0 Å². The van der Waals surface area contributed by atoms with Crippen LogP contribution in [0.4, 0.5) is 0 Å². The Morgan fingerprint density at radius 3 is 2.33 bits per heavy atom. The van der Waals surface area contributed by atoms with Crippen molar-refractivity contribution in [3.05, 3.63) is 0 Å². The molecule has 0 rings (SSSR count). The van der Waals surface area contributed by atoms with Gasteiger partial charge in [-0.1, -0.05) is 19.0 Å². The standard InChI is InChI=1S/C7H15N3O2/c1-4(2)5(6(8)10-12)7(11)9-3/h4-5,12H,1-3H3,(H2,8,10)(H,9,11). The van der Waals surface area contributed by atoms with Crippen LogP contribution in [0.25, 0.3) is 0 Å². The molecular formula is C7H15N3O2. The highest BCUT2D eigenvalue weighted by Gasteiger charge is 2.25. The van der Waals surface area contributed by atoms with E-state index in [4.69, 9.17) is 10.9 Å². The van der Waals surface area contributed by atoms with Crippen molar-refractivity contribution in [2.45, 2.75) is 13.8 Å². The van der Waals surface area contributed by atoms with Gasteiger partial charge in [0.25, 0.3) is 0 Å². The molecule has 0 saturated heterocycles. The Kier molecular flexibility index (Phi) is 4.10. The third-order valence-corrected chi connectivity index (χ3v) is 1.63. The molecule has 0 radical (unpaired) electrons. The van der Waals surface area contributed by atoms with E-state index in [0.29, 0.717) is 0 Å². The van der Waals surface area contributed by atoms with Gasteiger partial charge in [0.05, 0.1) is 0 Å². The topological polar surface area (TPSA) is 87.7 Å². The first-order valence-corrected chi connectivity index (χ1v) is 3.73. The summed E-state index contributed by atoms with van der Waals surface area (Å²) >= 11 is 0.